The Morgan fingerprint density at radius 2 is 2.06 bits per heavy atom. The van der Waals surface area contributed by atoms with E-state index in [1.165, 1.54) is 25.3 Å². The summed E-state index contributed by atoms with van der Waals surface area (Å²) in [7, 11) is 1.18. The minimum atomic E-state index is -4.44. The van der Waals surface area contributed by atoms with E-state index >= 15 is 0 Å². The molecule has 0 aliphatic heterocycles. The van der Waals surface area contributed by atoms with Crippen LogP contribution < -0.4 is 0 Å². The Balaban J connectivity index is 2.88. The standard InChI is InChI=1S/C11H10F3NO2/c1-17-10(16)7-15-6-8-4-2-3-5-9(8)11(12,13)14/h2-6H,7H2,1H3. The smallest absolute Gasteiger partial charge is 0.417 e. The lowest BCUT2D eigenvalue weighted by Crippen LogP contribution is -2.09. The first-order chi connectivity index (χ1) is 7.95. The predicted octanol–water partition coefficient (Wildman–Crippen LogP) is 2.30. The van der Waals surface area contributed by atoms with E-state index in [4.69, 9.17) is 0 Å². The summed E-state index contributed by atoms with van der Waals surface area (Å²) in [6, 6.07) is 5.00. The largest absolute Gasteiger partial charge is 0.468 e. The highest BCUT2D eigenvalue weighted by molar-refractivity contribution is 5.84. The van der Waals surface area contributed by atoms with Crippen molar-refractivity contribution in [3.63, 3.8) is 0 Å². The van der Waals surface area contributed by atoms with Crippen LogP contribution in [-0.4, -0.2) is 25.8 Å². The Bertz CT molecular complexity index is 427. The number of esters is 1. The maximum Gasteiger partial charge on any atom is 0.417 e. The van der Waals surface area contributed by atoms with Gasteiger partial charge in [0.2, 0.25) is 0 Å². The number of alkyl halides is 3. The number of benzene rings is 1. The molecule has 0 amide bonds. The number of carbonyl (C=O) groups excluding carboxylic acids is 1. The zero-order valence-corrected chi connectivity index (χ0v) is 8.99. The minimum Gasteiger partial charge on any atom is -0.468 e. The molecule has 0 aliphatic carbocycles. The summed E-state index contributed by atoms with van der Waals surface area (Å²) in [4.78, 5) is 14.3. The van der Waals surface area contributed by atoms with Crippen molar-refractivity contribution in [3.05, 3.63) is 35.4 Å². The molecule has 0 unspecified atom stereocenters. The number of halogens is 3. The topological polar surface area (TPSA) is 38.7 Å². The number of rotatable bonds is 3. The average molecular weight is 245 g/mol. The van der Waals surface area contributed by atoms with Gasteiger partial charge in [-0.05, 0) is 6.07 Å². The van der Waals surface area contributed by atoms with Crippen LogP contribution >= 0.6 is 0 Å². The molecule has 17 heavy (non-hydrogen) atoms. The Hall–Kier alpha value is -1.85. The van der Waals surface area contributed by atoms with Gasteiger partial charge < -0.3 is 4.74 Å². The van der Waals surface area contributed by atoms with Gasteiger partial charge in [0.1, 0.15) is 6.54 Å². The minimum absolute atomic E-state index is 0.0797. The second-order valence-electron chi connectivity index (χ2n) is 3.13. The fourth-order valence-electron chi connectivity index (χ4n) is 1.15. The van der Waals surface area contributed by atoms with Gasteiger partial charge in [-0.2, -0.15) is 13.2 Å². The van der Waals surface area contributed by atoms with Crippen molar-refractivity contribution in [1.29, 1.82) is 0 Å². The average Bonchev–Trinajstić information content (AvgIpc) is 2.28. The van der Waals surface area contributed by atoms with Gasteiger partial charge in [0.15, 0.2) is 0 Å². The van der Waals surface area contributed by atoms with Crippen molar-refractivity contribution in [2.24, 2.45) is 4.99 Å². The molecule has 0 saturated heterocycles. The molecule has 0 aromatic heterocycles. The Morgan fingerprint density at radius 3 is 2.65 bits per heavy atom. The van der Waals surface area contributed by atoms with Crippen LogP contribution in [-0.2, 0) is 15.7 Å². The number of hydrogen-bond donors (Lipinski definition) is 0. The highest BCUT2D eigenvalue weighted by Gasteiger charge is 2.32. The molecule has 1 aromatic rings. The van der Waals surface area contributed by atoms with Gasteiger partial charge in [-0.25, -0.2) is 0 Å². The van der Waals surface area contributed by atoms with Crippen LogP contribution in [0, 0.1) is 0 Å². The van der Waals surface area contributed by atoms with E-state index in [1.807, 2.05) is 0 Å². The van der Waals surface area contributed by atoms with E-state index in [0.717, 1.165) is 12.3 Å². The van der Waals surface area contributed by atoms with Crippen molar-refractivity contribution in [1.82, 2.24) is 0 Å². The molecule has 0 N–H and O–H groups in total. The summed E-state index contributed by atoms with van der Waals surface area (Å²) in [5.41, 5.74) is -0.863. The number of carbonyl (C=O) groups is 1. The molecular formula is C11H10F3NO2. The molecule has 1 rings (SSSR count). The normalized spacial score (nSPS) is 11.8. The first-order valence-electron chi connectivity index (χ1n) is 4.68. The summed E-state index contributed by atoms with van der Waals surface area (Å²) in [5, 5.41) is 0. The Morgan fingerprint density at radius 1 is 1.41 bits per heavy atom. The van der Waals surface area contributed by atoms with E-state index in [9.17, 15) is 18.0 Å². The molecule has 0 aliphatic rings. The van der Waals surface area contributed by atoms with E-state index in [-0.39, 0.29) is 12.1 Å². The number of hydrogen-bond acceptors (Lipinski definition) is 3. The fraction of sp³-hybridized carbons (Fsp3) is 0.273. The van der Waals surface area contributed by atoms with E-state index in [1.54, 1.807) is 0 Å². The van der Waals surface area contributed by atoms with E-state index in [0.29, 0.717) is 0 Å². The third kappa shape index (κ3) is 3.90. The molecule has 6 heteroatoms. The molecule has 0 radical (unpaired) electrons. The van der Waals surface area contributed by atoms with Crippen LogP contribution in [0.5, 0.6) is 0 Å². The molecule has 0 atom stereocenters. The molecule has 0 saturated carbocycles. The van der Waals surface area contributed by atoms with Crippen molar-refractivity contribution >= 4 is 12.2 Å². The lowest BCUT2D eigenvalue weighted by Gasteiger charge is -2.08. The van der Waals surface area contributed by atoms with Crippen LogP contribution in [0.15, 0.2) is 29.3 Å². The van der Waals surface area contributed by atoms with Crippen molar-refractivity contribution in [2.45, 2.75) is 6.18 Å². The zero-order valence-electron chi connectivity index (χ0n) is 8.99. The van der Waals surface area contributed by atoms with Crippen LogP contribution in [0.3, 0.4) is 0 Å². The number of aliphatic imine (C=N–C) groups is 1. The number of nitrogens with zero attached hydrogens (tertiary/aromatic N) is 1. The molecule has 0 fully saturated rings. The van der Waals surface area contributed by atoms with Gasteiger partial charge >= 0.3 is 12.1 Å². The molecule has 1 aromatic carbocycles. The zero-order chi connectivity index (χ0) is 12.9. The highest BCUT2D eigenvalue weighted by atomic mass is 19.4. The van der Waals surface area contributed by atoms with Gasteiger partial charge in [-0.15, -0.1) is 0 Å². The van der Waals surface area contributed by atoms with Gasteiger partial charge in [0.25, 0.3) is 0 Å². The lowest BCUT2D eigenvalue weighted by molar-refractivity contribution is -0.139. The van der Waals surface area contributed by atoms with E-state index in [2.05, 4.69) is 9.73 Å². The predicted molar refractivity (Wildman–Crippen MR) is 55.9 cm³/mol. The third-order valence-electron chi connectivity index (χ3n) is 1.94. The van der Waals surface area contributed by atoms with Crippen molar-refractivity contribution < 1.29 is 22.7 Å². The molecule has 0 heterocycles. The summed E-state index contributed by atoms with van der Waals surface area (Å²) in [6.45, 7) is -0.303. The summed E-state index contributed by atoms with van der Waals surface area (Å²) < 4.78 is 42.0. The molecular weight excluding hydrogens is 235 g/mol. The lowest BCUT2D eigenvalue weighted by atomic mass is 10.1. The fourth-order valence-corrected chi connectivity index (χ4v) is 1.15. The van der Waals surface area contributed by atoms with Crippen molar-refractivity contribution in [2.75, 3.05) is 13.7 Å². The first kappa shape index (κ1) is 13.2. The molecule has 0 bridgehead atoms. The summed E-state index contributed by atoms with van der Waals surface area (Å²) in [6.07, 6.45) is -3.42. The molecule has 3 nitrogen and oxygen atoms in total. The van der Waals surface area contributed by atoms with Gasteiger partial charge in [0, 0.05) is 11.8 Å². The van der Waals surface area contributed by atoms with Crippen LogP contribution in [0.2, 0.25) is 0 Å². The third-order valence-corrected chi connectivity index (χ3v) is 1.94. The van der Waals surface area contributed by atoms with E-state index < -0.39 is 17.7 Å². The monoisotopic (exact) mass is 245 g/mol. The quantitative estimate of drug-likeness (QED) is 0.605. The SMILES string of the molecule is COC(=O)CN=Cc1ccccc1C(F)(F)F. The second-order valence-corrected chi connectivity index (χ2v) is 3.13. The Kier molecular flexibility index (Phi) is 4.25. The van der Waals surface area contributed by atoms with Crippen molar-refractivity contribution in [3.8, 4) is 0 Å². The molecule has 0 spiro atoms. The summed E-state index contributed by atoms with van der Waals surface area (Å²) >= 11 is 0. The van der Waals surface area contributed by atoms with Gasteiger partial charge in [-0.3, -0.25) is 9.79 Å². The first-order valence-corrected chi connectivity index (χ1v) is 4.68. The van der Waals surface area contributed by atoms with Gasteiger partial charge in [-0.1, -0.05) is 18.2 Å². The Labute approximate surface area is 95.9 Å². The number of methoxy groups -OCH3 is 1. The van der Waals surface area contributed by atoms with Crippen LogP contribution in [0.4, 0.5) is 13.2 Å². The summed E-state index contributed by atoms with van der Waals surface area (Å²) in [5.74, 6) is -0.606. The number of ether oxygens (including phenoxy) is 1. The van der Waals surface area contributed by atoms with Crippen LogP contribution in [0.1, 0.15) is 11.1 Å². The highest BCUT2D eigenvalue weighted by Crippen LogP contribution is 2.30. The second kappa shape index (κ2) is 5.47. The molecule has 92 valence electrons. The van der Waals surface area contributed by atoms with Gasteiger partial charge in [0.05, 0.1) is 12.7 Å². The maximum atomic E-state index is 12.5. The van der Waals surface area contributed by atoms with Crippen LogP contribution in [0.25, 0.3) is 0 Å². The maximum absolute atomic E-state index is 12.5.